The van der Waals surface area contributed by atoms with Gasteiger partial charge in [0.15, 0.2) is 6.10 Å². The van der Waals surface area contributed by atoms with Gasteiger partial charge in [-0.1, -0.05) is 185 Å². The molecule has 0 saturated carbocycles. The minimum atomic E-state index is -0.781. The van der Waals surface area contributed by atoms with E-state index in [0.29, 0.717) is 19.3 Å². The third kappa shape index (κ3) is 40.4. The maximum atomic E-state index is 12.7. The summed E-state index contributed by atoms with van der Waals surface area (Å²) < 4.78 is 16.6. The van der Waals surface area contributed by atoms with Crippen molar-refractivity contribution in [1.29, 1.82) is 0 Å². The summed E-state index contributed by atoms with van der Waals surface area (Å²) in [5, 5.41) is 0. The van der Waals surface area contributed by atoms with Crippen LogP contribution in [0.15, 0.2) is 48.6 Å². The molecular formula is C47H82O6. The van der Waals surface area contributed by atoms with Crippen LogP contribution >= 0.6 is 0 Å². The van der Waals surface area contributed by atoms with Crippen LogP contribution in [0.4, 0.5) is 0 Å². The third-order valence-electron chi connectivity index (χ3n) is 9.35. The number of allylic oxidation sites excluding steroid dienone is 8. The molecule has 0 aromatic rings. The van der Waals surface area contributed by atoms with Crippen molar-refractivity contribution in [2.24, 2.45) is 0 Å². The molecular weight excluding hydrogens is 661 g/mol. The summed E-state index contributed by atoms with van der Waals surface area (Å²) in [5.41, 5.74) is 0. The van der Waals surface area contributed by atoms with Crippen LogP contribution in [-0.2, 0) is 28.6 Å². The molecule has 0 amide bonds. The molecule has 0 aromatic carbocycles. The van der Waals surface area contributed by atoms with Gasteiger partial charge in [-0.25, -0.2) is 0 Å². The molecule has 0 aromatic heterocycles. The Hall–Kier alpha value is -2.63. The topological polar surface area (TPSA) is 78.9 Å². The first-order valence-corrected chi connectivity index (χ1v) is 22.1. The first-order valence-electron chi connectivity index (χ1n) is 22.1. The Balaban J connectivity index is 4.29. The Kier molecular flexibility index (Phi) is 40.0. The lowest BCUT2D eigenvalue weighted by Crippen LogP contribution is -2.30. The Labute approximate surface area is 327 Å². The van der Waals surface area contributed by atoms with Crippen LogP contribution in [0.25, 0.3) is 0 Å². The Morgan fingerprint density at radius 2 is 0.736 bits per heavy atom. The number of unbranched alkanes of at least 4 members (excludes halogenated alkanes) is 20. The molecule has 0 aliphatic rings. The van der Waals surface area contributed by atoms with Crippen molar-refractivity contribution in [3.63, 3.8) is 0 Å². The standard InChI is InChI=1S/C47H82O6/c1-4-7-10-13-15-17-19-21-23-25-27-29-31-34-37-40-46(49)52-43-44(42-51-45(48)39-36-33-12-9-6-3)53-47(50)41-38-35-32-30-28-26-24-22-20-18-16-14-11-8-5-2/h7,10,15,17,21,23,27,29,44H,4-6,8-9,11-14,16,18-20,22,24-26,28,30-43H2,1-3H3/b10-7-,17-15-,23-21-,29-27-. The van der Waals surface area contributed by atoms with Crippen molar-refractivity contribution in [3.05, 3.63) is 48.6 Å². The summed E-state index contributed by atoms with van der Waals surface area (Å²) in [6, 6.07) is 0. The first-order chi connectivity index (χ1) is 26.0. The highest BCUT2D eigenvalue weighted by atomic mass is 16.6. The lowest BCUT2D eigenvalue weighted by Gasteiger charge is -2.18. The summed E-state index contributed by atoms with van der Waals surface area (Å²) in [4.78, 5) is 37.4. The van der Waals surface area contributed by atoms with Crippen LogP contribution in [0.3, 0.4) is 0 Å². The average Bonchev–Trinajstić information content (AvgIpc) is 3.15. The average molecular weight is 743 g/mol. The molecule has 0 radical (unpaired) electrons. The number of esters is 3. The van der Waals surface area contributed by atoms with Crippen LogP contribution in [0.1, 0.15) is 213 Å². The van der Waals surface area contributed by atoms with Gasteiger partial charge in [-0.3, -0.25) is 14.4 Å². The van der Waals surface area contributed by atoms with E-state index in [9.17, 15) is 14.4 Å². The minimum absolute atomic E-state index is 0.0858. The smallest absolute Gasteiger partial charge is 0.306 e. The predicted octanol–water partition coefficient (Wildman–Crippen LogP) is 14.0. The number of rotatable bonds is 39. The fraction of sp³-hybridized carbons (Fsp3) is 0.766. The summed E-state index contributed by atoms with van der Waals surface area (Å²) in [6.45, 7) is 6.39. The van der Waals surface area contributed by atoms with E-state index in [-0.39, 0.29) is 31.1 Å². The molecule has 1 atom stereocenters. The number of carbonyl (C=O) groups excluding carboxylic acids is 3. The lowest BCUT2D eigenvalue weighted by molar-refractivity contribution is -0.167. The molecule has 0 fully saturated rings. The van der Waals surface area contributed by atoms with Gasteiger partial charge in [-0.2, -0.15) is 0 Å². The monoisotopic (exact) mass is 743 g/mol. The van der Waals surface area contributed by atoms with Crippen molar-refractivity contribution >= 4 is 17.9 Å². The van der Waals surface area contributed by atoms with Crippen LogP contribution < -0.4 is 0 Å². The van der Waals surface area contributed by atoms with E-state index in [1.807, 2.05) is 0 Å². The number of hydrogen-bond donors (Lipinski definition) is 0. The molecule has 6 heteroatoms. The van der Waals surface area contributed by atoms with Gasteiger partial charge in [0.2, 0.25) is 0 Å². The Morgan fingerprint density at radius 3 is 1.15 bits per heavy atom. The van der Waals surface area contributed by atoms with E-state index >= 15 is 0 Å². The van der Waals surface area contributed by atoms with Gasteiger partial charge >= 0.3 is 17.9 Å². The van der Waals surface area contributed by atoms with E-state index in [2.05, 4.69) is 69.4 Å². The summed E-state index contributed by atoms with van der Waals surface area (Å²) in [6.07, 6.45) is 48.4. The van der Waals surface area contributed by atoms with Gasteiger partial charge in [0.25, 0.3) is 0 Å². The second-order valence-corrected chi connectivity index (χ2v) is 14.6. The van der Waals surface area contributed by atoms with Crippen molar-refractivity contribution in [3.8, 4) is 0 Å². The fourth-order valence-electron chi connectivity index (χ4n) is 6.02. The molecule has 0 bridgehead atoms. The highest BCUT2D eigenvalue weighted by Gasteiger charge is 2.19. The second-order valence-electron chi connectivity index (χ2n) is 14.6. The van der Waals surface area contributed by atoms with Crippen molar-refractivity contribution in [2.75, 3.05) is 13.2 Å². The lowest BCUT2D eigenvalue weighted by atomic mass is 10.0. The van der Waals surface area contributed by atoms with Crippen LogP contribution in [0.5, 0.6) is 0 Å². The maximum absolute atomic E-state index is 12.7. The van der Waals surface area contributed by atoms with Gasteiger partial charge in [-0.05, 0) is 57.8 Å². The molecule has 53 heavy (non-hydrogen) atoms. The predicted molar refractivity (Wildman–Crippen MR) is 224 cm³/mol. The first kappa shape index (κ1) is 50.4. The molecule has 0 spiro atoms. The van der Waals surface area contributed by atoms with Crippen molar-refractivity contribution in [1.82, 2.24) is 0 Å². The molecule has 306 valence electrons. The Morgan fingerprint density at radius 1 is 0.396 bits per heavy atom. The van der Waals surface area contributed by atoms with Crippen molar-refractivity contribution < 1.29 is 28.6 Å². The quantitative estimate of drug-likeness (QED) is 0.0270. The van der Waals surface area contributed by atoms with Gasteiger partial charge < -0.3 is 14.2 Å². The van der Waals surface area contributed by atoms with Crippen LogP contribution in [0, 0.1) is 0 Å². The zero-order valence-electron chi connectivity index (χ0n) is 34.8. The molecule has 0 rings (SSSR count). The van der Waals surface area contributed by atoms with E-state index in [0.717, 1.165) is 89.9 Å². The third-order valence-corrected chi connectivity index (χ3v) is 9.35. The fourth-order valence-corrected chi connectivity index (χ4v) is 6.02. The number of carbonyl (C=O) groups is 3. The second kappa shape index (κ2) is 42.1. The SMILES string of the molecule is CC/C=C\C/C=C\C/C=C\C/C=C\CCCCC(=O)OCC(COC(=O)CCCCCCC)OC(=O)CCCCCCCCCCCCCCCCC. The zero-order valence-corrected chi connectivity index (χ0v) is 34.8. The minimum Gasteiger partial charge on any atom is -0.462 e. The van der Waals surface area contributed by atoms with E-state index in [4.69, 9.17) is 14.2 Å². The van der Waals surface area contributed by atoms with Gasteiger partial charge in [-0.15, -0.1) is 0 Å². The summed E-state index contributed by atoms with van der Waals surface area (Å²) in [7, 11) is 0. The zero-order chi connectivity index (χ0) is 38.7. The highest BCUT2D eigenvalue weighted by molar-refractivity contribution is 5.71. The number of hydrogen-bond acceptors (Lipinski definition) is 6. The van der Waals surface area contributed by atoms with E-state index < -0.39 is 6.10 Å². The summed E-state index contributed by atoms with van der Waals surface area (Å²) in [5.74, 6) is -0.942. The van der Waals surface area contributed by atoms with E-state index in [1.165, 1.54) is 83.5 Å². The van der Waals surface area contributed by atoms with Gasteiger partial charge in [0.1, 0.15) is 13.2 Å². The Bertz CT molecular complexity index is 949. The van der Waals surface area contributed by atoms with Gasteiger partial charge in [0.05, 0.1) is 0 Å². The number of ether oxygens (including phenoxy) is 3. The van der Waals surface area contributed by atoms with Crippen LogP contribution in [-0.4, -0.2) is 37.2 Å². The van der Waals surface area contributed by atoms with Gasteiger partial charge in [0, 0.05) is 19.3 Å². The maximum Gasteiger partial charge on any atom is 0.306 e. The normalized spacial score (nSPS) is 12.4. The largest absolute Gasteiger partial charge is 0.462 e. The van der Waals surface area contributed by atoms with Crippen molar-refractivity contribution in [2.45, 2.75) is 219 Å². The molecule has 1 unspecified atom stereocenters. The molecule has 6 nitrogen and oxygen atoms in total. The highest BCUT2D eigenvalue weighted by Crippen LogP contribution is 2.15. The van der Waals surface area contributed by atoms with E-state index in [1.54, 1.807) is 0 Å². The molecule has 0 saturated heterocycles. The molecule has 0 aliphatic carbocycles. The molecule has 0 heterocycles. The summed E-state index contributed by atoms with van der Waals surface area (Å²) >= 11 is 0. The molecule has 0 N–H and O–H groups in total. The molecule has 0 aliphatic heterocycles. The van der Waals surface area contributed by atoms with Crippen LogP contribution in [0.2, 0.25) is 0 Å².